The second-order valence-electron chi connectivity index (χ2n) is 6.09. The van der Waals surface area contributed by atoms with E-state index in [0.717, 1.165) is 22.2 Å². The number of oxazole rings is 1. The van der Waals surface area contributed by atoms with Crippen molar-refractivity contribution in [2.24, 2.45) is 0 Å². The van der Waals surface area contributed by atoms with Gasteiger partial charge in [-0.1, -0.05) is 6.07 Å². The highest BCUT2D eigenvalue weighted by molar-refractivity contribution is 5.82. The van der Waals surface area contributed by atoms with Crippen LogP contribution >= 0.6 is 0 Å². The van der Waals surface area contributed by atoms with Gasteiger partial charge in [0.25, 0.3) is 0 Å². The standard InChI is InChI=1S/C19H16N4O2/c1-12(2)23-10-15(9-21-23)13-3-4-18-17(8-13)22-19(25-18)14-5-6-20-16(7-14)11-24/h3-12H,1-2H3. The minimum atomic E-state index is 0.315. The number of benzene rings is 1. The quantitative estimate of drug-likeness (QED) is 0.525. The maximum atomic E-state index is 10.9. The van der Waals surface area contributed by atoms with E-state index in [1.807, 2.05) is 35.3 Å². The molecule has 25 heavy (non-hydrogen) atoms. The molecule has 0 saturated heterocycles. The summed E-state index contributed by atoms with van der Waals surface area (Å²) in [4.78, 5) is 19.4. The average molecular weight is 332 g/mol. The first-order valence-electron chi connectivity index (χ1n) is 8.01. The molecule has 0 aliphatic carbocycles. The molecule has 6 nitrogen and oxygen atoms in total. The van der Waals surface area contributed by atoms with Crippen molar-refractivity contribution in [3.8, 4) is 22.6 Å². The lowest BCUT2D eigenvalue weighted by atomic mass is 10.1. The molecule has 0 radical (unpaired) electrons. The van der Waals surface area contributed by atoms with E-state index in [9.17, 15) is 4.79 Å². The molecule has 1 aromatic carbocycles. The first-order chi connectivity index (χ1) is 12.1. The first-order valence-corrected chi connectivity index (χ1v) is 8.01. The van der Waals surface area contributed by atoms with Crippen LogP contribution < -0.4 is 0 Å². The molecule has 0 bridgehead atoms. The van der Waals surface area contributed by atoms with Crippen molar-refractivity contribution < 1.29 is 9.21 Å². The number of nitrogens with zero attached hydrogens (tertiary/aromatic N) is 4. The summed E-state index contributed by atoms with van der Waals surface area (Å²) in [6.45, 7) is 4.18. The molecule has 4 rings (SSSR count). The van der Waals surface area contributed by atoms with E-state index in [2.05, 4.69) is 28.9 Å². The Hall–Kier alpha value is -3.28. The maximum Gasteiger partial charge on any atom is 0.227 e. The van der Waals surface area contributed by atoms with Crippen LogP contribution in [0.25, 0.3) is 33.7 Å². The Morgan fingerprint density at radius 3 is 2.76 bits per heavy atom. The minimum Gasteiger partial charge on any atom is -0.436 e. The molecule has 0 N–H and O–H groups in total. The van der Waals surface area contributed by atoms with Gasteiger partial charge in [0, 0.05) is 29.6 Å². The predicted molar refractivity (Wildman–Crippen MR) is 94.2 cm³/mol. The van der Waals surface area contributed by atoms with E-state index in [-0.39, 0.29) is 0 Å². The average Bonchev–Trinajstić information content (AvgIpc) is 3.28. The summed E-state index contributed by atoms with van der Waals surface area (Å²) < 4.78 is 7.73. The van der Waals surface area contributed by atoms with Crippen LogP contribution in [0.5, 0.6) is 0 Å². The van der Waals surface area contributed by atoms with Crippen LogP contribution in [-0.4, -0.2) is 26.0 Å². The molecule has 4 aromatic rings. The predicted octanol–water partition coefficient (Wildman–Crippen LogP) is 4.15. The summed E-state index contributed by atoms with van der Waals surface area (Å²) in [5, 5.41) is 4.38. The molecular weight excluding hydrogens is 316 g/mol. The summed E-state index contributed by atoms with van der Waals surface area (Å²) in [6, 6.07) is 9.61. The maximum absolute atomic E-state index is 10.9. The van der Waals surface area contributed by atoms with E-state index in [0.29, 0.717) is 29.5 Å². The Bertz CT molecular complexity index is 1060. The lowest BCUT2D eigenvalue weighted by Gasteiger charge is -2.03. The molecule has 3 heterocycles. The fraction of sp³-hybridized carbons (Fsp3) is 0.158. The van der Waals surface area contributed by atoms with Crippen LogP contribution in [0, 0.1) is 0 Å². The normalized spacial score (nSPS) is 11.3. The van der Waals surface area contributed by atoms with Crippen LogP contribution in [-0.2, 0) is 0 Å². The highest BCUT2D eigenvalue weighted by Gasteiger charge is 2.11. The number of aldehydes is 1. The Morgan fingerprint density at radius 2 is 2.00 bits per heavy atom. The van der Waals surface area contributed by atoms with Crippen molar-refractivity contribution in [2.45, 2.75) is 19.9 Å². The zero-order valence-corrected chi connectivity index (χ0v) is 13.9. The van der Waals surface area contributed by atoms with Crippen molar-refractivity contribution in [2.75, 3.05) is 0 Å². The molecule has 0 aliphatic rings. The topological polar surface area (TPSA) is 73.8 Å². The molecular formula is C19H16N4O2. The number of hydrogen-bond donors (Lipinski definition) is 0. The highest BCUT2D eigenvalue weighted by Crippen LogP contribution is 2.28. The molecule has 124 valence electrons. The number of carbonyl (C=O) groups is 1. The van der Waals surface area contributed by atoms with Gasteiger partial charge in [-0.05, 0) is 43.7 Å². The van der Waals surface area contributed by atoms with Gasteiger partial charge < -0.3 is 4.42 Å². The molecule has 0 aliphatic heterocycles. The fourth-order valence-corrected chi connectivity index (χ4v) is 2.65. The zero-order valence-electron chi connectivity index (χ0n) is 13.9. The SMILES string of the molecule is CC(C)n1cc(-c2ccc3oc(-c4ccnc(C=O)c4)nc3c2)cn1. The van der Waals surface area contributed by atoms with E-state index >= 15 is 0 Å². The van der Waals surface area contributed by atoms with Crippen LogP contribution in [0.1, 0.15) is 30.4 Å². The Morgan fingerprint density at radius 1 is 1.12 bits per heavy atom. The molecule has 0 amide bonds. The monoisotopic (exact) mass is 332 g/mol. The highest BCUT2D eigenvalue weighted by atomic mass is 16.3. The second kappa shape index (κ2) is 5.98. The van der Waals surface area contributed by atoms with Gasteiger partial charge in [-0.15, -0.1) is 0 Å². The fourth-order valence-electron chi connectivity index (χ4n) is 2.65. The number of rotatable bonds is 4. The lowest BCUT2D eigenvalue weighted by molar-refractivity contribution is 0.111. The third-order valence-electron chi connectivity index (χ3n) is 4.00. The van der Waals surface area contributed by atoms with Crippen molar-refractivity contribution in [1.29, 1.82) is 0 Å². The van der Waals surface area contributed by atoms with Crippen LogP contribution in [0.15, 0.2) is 53.3 Å². The molecule has 3 aromatic heterocycles. The molecule has 0 atom stereocenters. The van der Waals surface area contributed by atoms with Crippen molar-refractivity contribution in [3.05, 3.63) is 54.6 Å². The van der Waals surface area contributed by atoms with Gasteiger partial charge in [-0.25, -0.2) is 4.98 Å². The minimum absolute atomic E-state index is 0.315. The molecule has 0 spiro atoms. The van der Waals surface area contributed by atoms with Crippen molar-refractivity contribution in [3.63, 3.8) is 0 Å². The second-order valence-corrected chi connectivity index (χ2v) is 6.09. The Labute approximate surface area is 144 Å². The van der Waals surface area contributed by atoms with Crippen molar-refractivity contribution >= 4 is 17.4 Å². The number of pyridine rings is 1. The number of carbonyl (C=O) groups excluding carboxylic acids is 1. The molecule has 0 fully saturated rings. The summed E-state index contributed by atoms with van der Waals surface area (Å²) in [5.74, 6) is 0.468. The summed E-state index contributed by atoms with van der Waals surface area (Å²) in [7, 11) is 0. The molecule has 0 unspecified atom stereocenters. The van der Waals surface area contributed by atoms with Crippen LogP contribution in [0.3, 0.4) is 0 Å². The van der Waals surface area contributed by atoms with Gasteiger partial charge in [-0.2, -0.15) is 5.10 Å². The molecule has 6 heteroatoms. The third kappa shape index (κ3) is 2.82. The van der Waals surface area contributed by atoms with Gasteiger partial charge in [0.2, 0.25) is 5.89 Å². The van der Waals surface area contributed by atoms with Gasteiger partial charge in [0.15, 0.2) is 11.9 Å². The van der Waals surface area contributed by atoms with E-state index in [4.69, 9.17) is 4.42 Å². The lowest BCUT2D eigenvalue weighted by Crippen LogP contribution is -1.99. The first kappa shape index (κ1) is 15.3. The molecule has 0 saturated carbocycles. The number of fused-ring (bicyclic) bond motifs is 1. The smallest absolute Gasteiger partial charge is 0.227 e. The van der Waals surface area contributed by atoms with Gasteiger partial charge >= 0.3 is 0 Å². The summed E-state index contributed by atoms with van der Waals surface area (Å²) in [5.41, 5.74) is 4.59. The van der Waals surface area contributed by atoms with Gasteiger partial charge in [-0.3, -0.25) is 14.5 Å². The zero-order chi connectivity index (χ0) is 17.4. The summed E-state index contributed by atoms with van der Waals surface area (Å²) in [6.07, 6.45) is 6.14. The third-order valence-corrected chi connectivity index (χ3v) is 4.00. The van der Waals surface area contributed by atoms with Gasteiger partial charge in [0.05, 0.1) is 6.20 Å². The Kier molecular flexibility index (Phi) is 3.65. The van der Waals surface area contributed by atoms with Crippen LogP contribution in [0.2, 0.25) is 0 Å². The van der Waals surface area contributed by atoms with Crippen molar-refractivity contribution in [1.82, 2.24) is 19.7 Å². The number of hydrogen-bond acceptors (Lipinski definition) is 5. The van der Waals surface area contributed by atoms with E-state index in [1.165, 1.54) is 0 Å². The van der Waals surface area contributed by atoms with Crippen LogP contribution in [0.4, 0.5) is 0 Å². The largest absolute Gasteiger partial charge is 0.436 e. The van der Waals surface area contributed by atoms with E-state index < -0.39 is 0 Å². The Balaban J connectivity index is 1.74. The van der Waals surface area contributed by atoms with Gasteiger partial charge in [0.1, 0.15) is 11.2 Å². The number of aromatic nitrogens is 4. The van der Waals surface area contributed by atoms with E-state index in [1.54, 1.807) is 18.3 Å². The summed E-state index contributed by atoms with van der Waals surface area (Å²) >= 11 is 0.